The fraction of sp³-hybridized carbons (Fsp3) is 0.0714. The van der Waals surface area contributed by atoms with Gasteiger partial charge in [0.1, 0.15) is 17.0 Å². The minimum absolute atomic E-state index is 0.140. The Kier molecular flexibility index (Phi) is 3.20. The number of hydrogen-bond donors (Lipinski definition) is 0. The van der Waals surface area contributed by atoms with Crippen LogP contribution in [0.4, 0.5) is 0 Å². The quantitative estimate of drug-likeness (QED) is 0.336. The molecule has 0 radical (unpaired) electrons. The van der Waals surface area contributed by atoms with Crippen LogP contribution in [0.3, 0.4) is 0 Å². The van der Waals surface area contributed by atoms with Gasteiger partial charge < -0.3 is 4.74 Å². The third-order valence-electron chi connectivity index (χ3n) is 7.18. The summed E-state index contributed by atoms with van der Waals surface area (Å²) in [7, 11) is 1.60. The lowest BCUT2D eigenvalue weighted by molar-refractivity contribution is 0.415. The van der Waals surface area contributed by atoms with Crippen molar-refractivity contribution >= 4 is 65.7 Å². The molecule has 0 atom stereocenters. The molecule has 0 aliphatic rings. The van der Waals surface area contributed by atoms with Crippen molar-refractivity contribution in [3.8, 4) is 5.75 Å². The highest BCUT2D eigenvalue weighted by Crippen LogP contribution is 2.36. The molecule has 0 bridgehead atoms. The maximum absolute atomic E-state index is 13.7. The maximum atomic E-state index is 13.7. The Hall–Kier alpha value is -4.78. The van der Waals surface area contributed by atoms with E-state index in [1.807, 2.05) is 67.6 Å². The second-order valence-corrected chi connectivity index (χ2v) is 9.07. The summed E-state index contributed by atoms with van der Waals surface area (Å²) in [5.74, 6) is 0.676. The van der Waals surface area contributed by atoms with Gasteiger partial charge in [-0.2, -0.15) is 0 Å². The molecule has 8 rings (SSSR count). The largest absolute Gasteiger partial charge is 0.497 e. The molecule has 4 aromatic heterocycles. The molecule has 35 heavy (non-hydrogen) atoms. The normalized spacial score (nSPS) is 12.5. The number of aryl methyl sites for hydroxylation is 1. The van der Waals surface area contributed by atoms with Gasteiger partial charge in [-0.05, 0) is 61.0 Å². The molecule has 0 saturated carbocycles. The molecule has 0 N–H and O–H groups in total. The van der Waals surface area contributed by atoms with Crippen molar-refractivity contribution < 1.29 is 4.74 Å². The number of benzene rings is 4. The molecule has 0 unspecified atom stereocenters. The van der Waals surface area contributed by atoms with Crippen LogP contribution >= 0.6 is 0 Å². The van der Waals surface area contributed by atoms with Crippen LogP contribution in [0.25, 0.3) is 65.7 Å². The fourth-order valence-corrected chi connectivity index (χ4v) is 5.62. The third kappa shape index (κ3) is 2.11. The molecule has 0 aliphatic heterocycles. The van der Waals surface area contributed by atoms with E-state index in [0.29, 0.717) is 33.3 Å². The molecule has 0 saturated heterocycles. The van der Waals surface area contributed by atoms with Gasteiger partial charge in [0, 0.05) is 38.4 Å². The second-order valence-electron chi connectivity index (χ2n) is 9.07. The van der Waals surface area contributed by atoms with Crippen LogP contribution < -0.4 is 15.9 Å². The summed E-state index contributed by atoms with van der Waals surface area (Å²) in [5, 5.41) is 4.29. The van der Waals surface area contributed by atoms with Gasteiger partial charge in [0.25, 0.3) is 11.1 Å². The number of fused-ring (bicyclic) bond motifs is 8. The Balaban J connectivity index is 1.65. The lowest BCUT2D eigenvalue weighted by Crippen LogP contribution is -2.16. The highest BCUT2D eigenvalue weighted by molar-refractivity contribution is 6.27. The number of methoxy groups -OCH3 is 1. The number of rotatable bonds is 1. The predicted octanol–water partition coefficient (Wildman–Crippen LogP) is 4.66. The smallest absolute Gasteiger partial charge is 0.264 e. The Morgan fingerprint density at radius 3 is 1.74 bits per heavy atom. The summed E-state index contributed by atoms with van der Waals surface area (Å²) in [6.45, 7) is 2.01. The van der Waals surface area contributed by atoms with E-state index in [0.717, 1.165) is 43.7 Å². The van der Waals surface area contributed by atoms with Crippen LogP contribution in [0.2, 0.25) is 0 Å². The molecule has 0 spiro atoms. The summed E-state index contributed by atoms with van der Waals surface area (Å²) < 4.78 is 8.68. The zero-order valence-corrected chi connectivity index (χ0v) is 18.8. The van der Waals surface area contributed by atoms with Crippen LogP contribution in [0.1, 0.15) is 5.56 Å². The van der Waals surface area contributed by atoms with Crippen molar-refractivity contribution in [2.75, 3.05) is 7.11 Å². The van der Waals surface area contributed by atoms with Crippen molar-refractivity contribution in [2.24, 2.45) is 0 Å². The van der Waals surface area contributed by atoms with E-state index in [-0.39, 0.29) is 11.1 Å². The van der Waals surface area contributed by atoms with E-state index in [9.17, 15) is 9.59 Å². The minimum atomic E-state index is -0.161. The fourth-order valence-electron chi connectivity index (χ4n) is 5.62. The molecule has 0 aliphatic carbocycles. The van der Waals surface area contributed by atoms with Crippen LogP contribution in [0, 0.1) is 6.92 Å². The van der Waals surface area contributed by atoms with Gasteiger partial charge in [0.05, 0.1) is 29.2 Å². The van der Waals surface area contributed by atoms with E-state index in [2.05, 4.69) is 0 Å². The Morgan fingerprint density at radius 2 is 1.17 bits per heavy atom. The minimum Gasteiger partial charge on any atom is -0.497 e. The SMILES string of the molecule is COc1ccc2c(c1)nc1c3ccc4c(=O)n5c6ccc(C)cc6nc5c5ccc(c(=O)n21)c3c45. The molecule has 7 heteroatoms. The van der Waals surface area contributed by atoms with Gasteiger partial charge in [-0.15, -0.1) is 0 Å². The second kappa shape index (κ2) is 6.01. The molecule has 4 aromatic carbocycles. The Labute approximate surface area is 196 Å². The number of imidazole rings is 2. The first-order valence-electron chi connectivity index (χ1n) is 11.3. The van der Waals surface area contributed by atoms with Crippen LogP contribution in [-0.4, -0.2) is 25.9 Å². The number of aromatic nitrogens is 4. The Bertz CT molecular complexity index is 2310. The van der Waals surface area contributed by atoms with Crippen molar-refractivity contribution in [3.05, 3.63) is 86.9 Å². The summed E-state index contributed by atoms with van der Waals surface area (Å²) in [6, 6.07) is 18.9. The molecule has 7 nitrogen and oxygen atoms in total. The standard InChI is InChI=1S/C28H16N4O3/c1-13-3-9-21-19(11-13)29-25-15-5-7-18-24-16(6-8-17(23(15)24)27(33)31(21)25)26-30-20-12-14(35-2)4-10-22(20)32(26)28(18)34/h3-12H,1-2H3. The average molecular weight is 456 g/mol. The molecule has 4 heterocycles. The Morgan fingerprint density at radius 1 is 0.657 bits per heavy atom. The van der Waals surface area contributed by atoms with Crippen molar-refractivity contribution in [1.29, 1.82) is 0 Å². The molecule has 166 valence electrons. The topological polar surface area (TPSA) is 78.0 Å². The van der Waals surface area contributed by atoms with E-state index >= 15 is 0 Å². The predicted molar refractivity (Wildman–Crippen MR) is 138 cm³/mol. The molecular weight excluding hydrogens is 440 g/mol. The summed E-state index contributed by atoms with van der Waals surface area (Å²) in [4.78, 5) is 37.1. The van der Waals surface area contributed by atoms with E-state index in [1.54, 1.807) is 15.9 Å². The van der Waals surface area contributed by atoms with Gasteiger partial charge in [0.2, 0.25) is 0 Å². The van der Waals surface area contributed by atoms with Crippen LogP contribution in [0.15, 0.2) is 70.3 Å². The molecule has 0 amide bonds. The molecule has 8 aromatic rings. The number of hydrogen-bond acceptors (Lipinski definition) is 5. The summed E-state index contributed by atoms with van der Waals surface area (Å²) in [5.41, 5.74) is 4.90. The van der Waals surface area contributed by atoms with E-state index in [1.165, 1.54) is 0 Å². The van der Waals surface area contributed by atoms with Crippen molar-refractivity contribution in [1.82, 2.24) is 18.8 Å². The van der Waals surface area contributed by atoms with Crippen molar-refractivity contribution in [2.45, 2.75) is 6.92 Å². The first-order chi connectivity index (χ1) is 17.0. The monoisotopic (exact) mass is 456 g/mol. The number of pyridine rings is 2. The van der Waals surface area contributed by atoms with Crippen molar-refractivity contribution in [3.63, 3.8) is 0 Å². The molecular formula is C28H16N4O3. The lowest BCUT2D eigenvalue weighted by Gasteiger charge is -2.12. The highest BCUT2D eigenvalue weighted by Gasteiger charge is 2.22. The van der Waals surface area contributed by atoms with Gasteiger partial charge in [-0.1, -0.05) is 6.07 Å². The zero-order valence-electron chi connectivity index (χ0n) is 18.8. The van der Waals surface area contributed by atoms with Crippen LogP contribution in [-0.2, 0) is 0 Å². The number of ether oxygens (including phenoxy) is 1. The summed E-state index contributed by atoms with van der Waals surface area (Å²) in [6.07, 6.45) is 0. The lowest BCUT2D eigenvalue weighted by atomic mass is 9.96. The van der Waals surface area contributed by atoms with E-state index < -0.39 is 0 Å². The molecule has 0 fully saturated rings. The first kappa shape index (κ1) is 18.6. The average Bonchev–Trinajstić information content (AvgIpc) is 3.44. The van der Waals surface area contributed by atoms with E-state index in [4.69, 9.17) is 14.7 Å². The van der Waals surface area contributed by atoms with Gasteiger partial charge in [-0.3, -0.25) is 18.4 Å². The van der Waals surface area contributed by atoms with Gasteiger partial charge in [-0.25, -0.2) is 9.97 Å². The van der Waals surface area contributed by atoms with Gasteiger partial charge in [0.15, 0.2) is 0 Å². The zero-order chi connectivity index (χ0) is 23.6. The highest BCUT2D eigenvalue weighted by atomic mass is 16.5. The summed E-state index contributed by atoms with van der Waals surface area (Å²) >= 11 is 0. The number of nitrogens with zero attached hydrogens (tertiary/aromatic N) is 4. The first-order valence-corrected chi connectivity index (χ1v) is 11.3. The third-order valence-corrected chi connectivity index (χ3v) is 7.18. The van der Waals surface area contributed by atoms with Crippen LogP contribution in [0.5, 0.6) is 5.75 Å². The maximum Gasteiger partial charge on any atom is 0.264 e. The van der Waals surface area contributed by atoms with Gasteiger partial charge >= 0.3 is 0 Å².